The highest BCUT2D eigenvalue weighted by Gasteiger charge is 2.24. The summed E-state index contributed by atoms with van der Waals surface area (Å²) >= 11 is 13.0. The normalized spacial score (nSPS) is 12.8. The number of rotatable bonds is 14. The molecule has 3 aromatic carbocycles. The molecule has 6 nitrogen and oxygen atoms in total. The van der Waals surface area contributed by atoms with Crippen LogP contribution in [0.25, 0.3) is 21.5 Å². The predicted molar refractivity (Wildman–Crippen MR) is 162 cm³/mol. The Bertz CT molecular complexity index is 1290. The molecule has 0 aliphatic carbocycles. The predicted octanol–water partition coefficient (Wildman–Crippen LogP) is 10.8. The van der Waals surface area contributed by atoms with Gasteiger partial charge in [-0.15, -0.1) is 0 Å². The summed E-state index contributed by atoms with van der Waals surface area (Å²) in [5.74, 6) is 0.971. The van der Waals surface area contributed by atoms with Gasteiger partial charge in [-0.3, -0.25) is 0 Å². The first-order valence-corrected chi connectivity index (χ1v) is 15.1. The van der Waals surface area contributed by atoms with Crippen molar-refractivity contribution in [1.29, 1.82) is 0 Å². The highest BCUT2D eigenvalue weighted by molar-refractivity contribution is 6.38. The monoisotopic (exact) mass is 590 g/mol. The SMILES string of the molecule is CCCCC(CC)COC(=O)Oc1c2ccc(Cl)cc2c(OC(=O)OCC(CC)CCCC)c2c(Cl)cccc12. The smallest absolute Gasteiger partial charge is 0.434 e. The number of carbonyl (C=O) groups is 2. The molecule has 3 rings (SSSR count). The topological polar surface area (TPSA) is 71.1 Å². The first kappa shape index (κ1) is 31.8. The van der Waals surface area contributed by atoms with Crippen molar-refractivity contribution in [2.45, 2.75) is 79.1 Å². The molecule has 0 N–H and O–H groups in total. The van der Waals surface area contributed by atoms with E-state index in [4.69, 9.17) is 42.1 Å². The molecule has 0 bridgehead atoms. The third kappa shape index (κ3) is 8.40. The van der Waals surface area contributed by atoms with Gasteiger partial charge in [0.1, 0.15) is 0 Å². The van der Waals surface area contributed by atoms with Gasteiger partial charge in [0.15, 0.2) is 11.5 Å². The minimum Gasteiger partial charge on any atom is -0.434 e. The summed E-state index contributed by atoms with van der Waals surface area (Å²) in [4.78, 5) is 25.7. The maximum absolute atomic E-state index is 12.9. The van der Waals surface area contributed by atoms with Gasteiger partial charge in [0.2, 0.25) is 0 Å². The fraction of sp³-hybridized carbons (Fsp3) is 0.500. The van der Waals surface area contributed by atoms with E-state index < -0.39 is 12.3 Å². The summed E-state index contributed by atoms with van der Waals surface area (Å²) in [5, 5.41) is 2.62. The molecular formula is C32H40Cl2O6. The lowest BCUT2D eigenvalue weighted by molar-refractivity contribution is 0.0805. The summed E-state index contributed by atoms with van der Waals surface area (Å²) < 4.78 is 22.6. The van der Waals surface area contributed by atoms with E-state index in [0.29, 0.717) is 31.6 Å². The van der Waals surface area contributed by atoms with E-state index >= 15 is 0 Å². The Hall–Kier alpha value is -2.70. The van der Waals surface area contributed by atoms with Crippen molar-refractivity contribution >= 4 is 57.1 Å². The third-order valence-corrected chi connectivity index (χ3v) is 7.84. The highest BCUT2D eigenvalue weighted by atomic mass is 35.5. The molecule has 0 aliphatic rings. The van der Waals surface area contributed by atoms with Crippen molar-refractivity contribution in [3.8, 4) is 11.5 Å². The Kier molecular flexibility index (Phi) is 12.7. The lowest BCUT2D eigenvalue weighted by Gasteiger charge is -2.19. The van der Waals surface area contributed by atoms with Crippen LogP contribution in [0.1, 0.15) is 79.1 Å². The van der Waals surface area contributed by atoms with Gasteiger partial charge >= 0.3 is 12.3 Å². The van der Waals surface area contributed by atoms with E-state index in [9.17, 15) is 9.59 Å². The van der Waals surface area contributed by atoms with Crippen LogP contribution in [0.5, 0.6) is 11.5 Å². The molecule has 0 saturated heterocycles. The fourth-order valence-corrected chi connectivity index (χ4v) is 5.17. The van der Waals surface area contributed by atoms with Crippen molar-refractivity contribution in [2.75, 3.05) is 13.2 Å². The van der Waals surface area contributed by atoms with Crippen molar-refractivity contribution in [2.24, 2.45) is 11.8 Å². The molecule has 0 aliphatic heterocycles. The fourth-order valence-electron chi connectivity index (χ4n) is 4.74. The molecule has 8 heteroatoms. The summed E-state index contributed by atoms with van der Waals surface area (Å²) in [6, 6.07) is 10.2. The van der Waals surface area contributed by atoms with Crippen LogP contribution < -0.4 is 9.47 Å². The number of benzene rings is 3. The Balaban J connectivity index is 1.95. The van der Waals surface area contributed by atoms with Crippen LogP contribution in [0.2, 0.25) is 10.0 Å². The number of hydrogen-bond donors (Lipinski definition) is 0. The van der Waals surface area contributed by atoms with Crippen LogP contribution in [0.15, 0.2) is 36.4 Å². The molecule has 40 heavy (non-hydrogen) atoms. The molecular weight excluding hydrogens is 551 g/mol. The van der Waals surface area contributed by atoms with E-state index in [0.717, 1.165) is 51.4 Å². The Morgan fingerprint density at radius 3 is 1.85 bits per heavy atom. The van der Waals surface area contributed by atoms with Gasteiger partial charge in [-0.2, -0.15) is 0 Å². The number of carbonyl (C=O) groups excluding carboxylic acids is 2. The van der Waals surface area contributed by atoms with Gasteiger partial charge in [-0.05, 0) is 48.9 Å². The zero-order valence-corrected chi connectivity index (χ0v) is 25.4. The molecule has 0 amide bonds. The Morgan fingerprint density at radius 1 is 0.725 bits per heavy atom. The van der Waals surface area contributed by atoms with Gasteiger partial charge < -0.3 is 18.9 Å². The summed E-state index contributed by atoms with van der Waals surface area (Å²) in [7, 11) is 0. The largest absolute Gasteiger partial charge is 0.513 e. The molecule has 0 saturated carbocycles. The standard InChI is InChI=1S/C32H40Cl2O6/c1-5-9-12-21(7-3)19-37-31(35)39-29-24-17-16-23(33)18-26(24)30(28-25(29)14-11-15-27(28)34)40-32(36)38-20-22(8-4)13-10-6-2/h11,14-18,21-22H,5-10,12-13,19-20H2,1-4H3. The molecule has 0 spiro atoms. The molecule has 2 unspecified atom stereocenters. The van der Waals surface area contributed by atoms with Gasteiger partial charge in [-0.1, -0.05) is 102 Å². The van der Waals surface area contributed by atoms with Crippen LogP contribution in [-0.4, -0.2) is 25.5 Å². The zero-order chi connectivity index (χ0) is 29.1. The van der Waals surface area contributed by atoms with Crippen LogP contribution in [-0.2, 0) is 9.47 Å². The third-order valence-electron chi connectivity index (χ3n) is 7.29. The zero-order valence-electron chi connectivity index (χ0n) is 23.9. The maximum Gasteiger partial charge on any atom is 0.513 e. The van der Waals surface area contributed by atoms with Gasteiger partial charge in [-0.25, -0.2) is 9.59 Å². The highest BCUT2D eigenvalue weighted by Crippen LogP contribution is 2.46. The molecule has 0 fully saturated rings. The Labute approximate surface area is 247 Å². The average molecular weight is 592 g/mol. The van der Waals surface area contributed by atoms with Crippen molar-refractivity contribution < 1.29 is 28.5 Å². The number of fused-ring (bicyclic) bond motifs is 2. The van der Waals surface area contributed by atoms with Gasteiger partial charge in [0.05, 0.1) is 18.2 Å². The van der Waals surface area contributed by atoms with Crippen LogP contribution >= 0.6 is 23.2 Å². The van der Waals surface area contributed by atoms with Gasteiger partial charge in [0, 0.05) is 26.6 Å². The van der Waals surface area contributed by atoms with E-state index in [1.54, 1.807) is 36.4 Å². The lowest BCUT2D eigenvalue weighted by Crippen LogP contribution is -2.18. The summed E-state index contributed by atoms with van der Waals surface area (Å²) in [5.41, 5.74) is 0. The number of halogens is 2. The minimum atomic E-state index is -0.830. The van der Waals surface area contributed by atoms with Gasteiger partial charge in [0.25, 0.3) is 0 Å². The average Bonchev–Trinajstić information content (AvgIpc) is 2.95. The second kappa shape index (κ2) is 15.9. The Morgan fingerprint density at radius 2 is 1.30 bits per heavy atom. The molecule has 0 radical (unpaired) electrons. The van der Waals surface area contributed by atoms with E-state index in [1.807, 2.05) is 0 Å². The summed E-state index contributed by atoms with van der Waals surface area (Å²) in [6.07, 6.45) is 6.46. The van der Waals surface area contributed by atoms with Crippen molar-refractivity contribution in [1.82, 2.24) is 0 Å². The first-order valence-electron chi connectivity index (χ1n) is 14.3. The first-order chi connectivity index (χ1) is 19.3. The van der Waals surface area contributed by atoms with E-state index in [1.165, 1.54) is 0 Å². The van der Waals surface area contributed by atoms with Crippen LogP contribution in [0.3, 0.4) is 0 Å². The van der Waals surface area contributed by atoms with E-state index in [2.05, 4.69) is 27.7 Å². The molecule has 2 atom stereocenters. The quantitative estimate of drug-likeness (QED) is 0.106. The lowest BCUT2D eigenvalue weighted by atomic mass is 10.0. The number of unbranched alkanes of at least 4 members (excludes halogenated alkanes) is 2. The maximum atomic E-state index is 12.9. The second-order valence-corrected chi connectivity index (χ2v) is 11.0. The van der Waals surface area contributed by atoms with Crippen LogP contribution in [0, 0.1) is 11.8 Å². The number of ether oxygens (including phenoxy) is 4. The van der Waals surface area contributed by atoms with Crippen LogP contribution in [0.4, 0.5) is 9.59 Å². The van der Waals surface area contributed by atoms with Crippen molar-refractivity contribution in [3.05, 3.63) is 46.4 Å². The molecule has 0 aromatic heterocycles. The summed E-state index contributed by atoms with van der Waals surface area (Å²) in [6.45, 7) is 8.98. The van der Waals surface area contributed by atoms with E-state index in [-0.39, 0.29) is 36.5 Å². The minimum absolute atomic E-state index is 0.191. The molecule has 0 heterocycles. The van der Waals surface area contributed by atoms with Crippen molar-refractivity contribution in [3.63, 3.8) is 0 Å². The molecule has 218 valence electrons. The number of hydrogen-bond acceptors (Lipinski definition) is 6. The second-order valence-electron chi connectivity index (χ2n) is 10.2. The molecule has 3 aromatic rings.